The minimum atomic E-state index is 0.445. The third kappa shape index (κ3) is 6.90. The average molecular weight is 482 g/mol. The van der Waals surface area contributed by atoms with Crippen molar-refractivity contribution in [3.63, 3.8) is 0 Å². The van der Waals surface area contributed by atoms with Crippen molar-refractivity contribution in [2.45, 2.75) is 42.7 Å². The van der Waals surface area contributed by atoms with Gasteiger partial charge in [-0.1, -0.05) is 23.7 Å². The molecule has 4 rings (SSSR count). The van der Waals surface area contributed by atoms with E-state index in [0.29, 0.717) is 28.9 Å². The summed E-state index contributed by atoms with van der Waals surface area (Å²) in [5, 5.41) is 4.17. The van der Waals surface area contributed by atoms with E-state index >= 15 is 0 Å². The summed E-state index contributed by atoms with van der Waals surface area (Å²) in [6.07, 6.45) is 15.6. The molecule has 0 aliphatic heterocycles. The summed E-state index contributed by atoms with van der Waals surface area (Å²) in [4.78, 5) is 21.0. The van der Waals surface area contributed by atoms with Crippen LogP contribution < -0.4 is 10.0 Å². The summed E-state index contributed by atoms with van der Waals surface area (Å²) < 4.78 is 3.16. The summed E-state index contributed by atoms with van der Waals surface area (Å²) in [7, 11) is 4.32. The van der Waals surface area contributed by atoms with Gasteiger partial charge in [-0.2, -0.15) is 0 Å². The molecule has 3 aromatic rings. The van der Waals surface area contributed by atoms with Crippen LogP contribution in [-0.2, 0) is 0 Å². The number of hydrogen-bond acceptors (Lipinski definition) is 8. The molecule has 33 heavy (non-hydrogen) atoms. The minimum Gasteiger partial charge on any atom is -0.351 e. The van der Waals surface area contributed by atoms with Crippen LogP contribution in [0.25, 0.3) is 12.2 Å². The number of hydrogen-bond donors (Lipinski definition) is 2. The Morgan fingerprint density at radius 1 is 0.939 bits per heavy atom. The molecular weight excluding hydrogens is 454 g/mol. The van der Waals surface area contributed by atoms with Crippen molar-refractivity contribution in [2.75, 3.05) is 24.1 Å². The van der Waals surface area contributed by atoms with Gasteiger partial charge in [-0.25, -0.2) is 15.0 Å². The SMILES string of the molecule is CN(C)C1CCC(Nc2ncc(/C=C/c3cnc(NSc4ccccc4Cl)cn3)cn2)CC1. The molecule has 1 aliphatic rings. The third-order valence-corrected chi connectivity index (χ3v) is 6.98. The predicted molar refractivity (Wildman–Crippen MR) is 137 cm³/mol. The van der Waals surface area contributed by atoms with Crippen molar-refractivity contribution in [3.05, 3.63) is 65.3 Å². The lowest BCUT2D eigenvalue weighted by Gasteiger charge is -2.32. The number of anilines is 2. The van der Waals surface area contributed by atoms with E-state index in [0.717, 1.165) is 29.0 Å². The first-order valence-electron chi connectivity index (χ1n) is 11.0. The molecule has 2 heterocycles. The molecule has 0 atom stereocenters. The zero-order valence-corrected chi connectivity index (χ0v) is 20.4. The first-order chi connectivity index (χ1) is 16.1. The summed E-state index contributed by atoms with van der Waals surface area (Å²) >= 11 is 7.57. The van der Waals surface area contributed by atoms with Crippen LogP contribution in [-0.4, -0.2) is 51.0 Å². The molecule has 172 valence electrons. The lowest BCUT2D eigenvalue weighted by atomic mass is 9.91. The van der Waals surface area contributed by atoms with E-state index in [4.69, 9.17) is 11.6 Å². The van der Waals surface area contributed by atoms with Gasteiger partial charge in [0.1, 0.15) is 0 Å². The van der Waals surface area contributed by atoms with Crippen molar-refractivity contribution < 1.29 is 0 Å². The van der Waals surface area contributed by atoms with Crippen LogP contribution in [0.3, 0.4) is 0 Å². The molecule has 1 aromatic carbocycles. The Bertz CT molecular complexity index is 1050. The molecule has 2 aromatic heterocycles. The van der Waals surface area contributed by atoms with E-state index in [1.54, 1.807) is 12.4 Å². The Hall–Kier alpha value is -2.68. The Kier molecular flexibility index (Phi) is 8.15. The lowest BCUT2D eigenvalue weighted by molar-refractivity contribution is 0.221. The monoisotopic (exact) mass is 481 g/mol. The smallest absolute Gasteiger partial charge is 0.222 e. The Morgan fingerprint density at radius 3 is 2.36 bits per heavy atom. The van der Waals surface area contributed by atoms with Crippen LogP contribution in [0.2, 0.25) is 5.02 Å². The van der Waals surface area contributed by atoms with Crippen LogP contribution in [0.1, 0.15) is 36.9 Å². The van der Waals surface area contributed by atoms with Crippen molar-refractivity contribution in [3.8, 4) is 0 Å². The second-order valence-electron chi connectivity index (χ2n) is 8.25. The second-order valence-corrected chi connectivity index (χ2v) is 9.50. The molecule has 9 heteroatoms. The topological polar surface area (TPSA) is 78.9 Å². The fraction of sp³-hybridized carbons (Fsp3) is 0.333. The lowest BCUT2D eigenvalue weighted by Crippen LogP contribution is -2.36. The maximum absolute atomic E-state index is 6.17. The molecule has 2 N–H and O–H groups in total. The molecule has 1 aliphatic carbocycles. The van der Waals surface area contributed by atoms with E-state index in [1.165, 1.54) is 24.8 Å². The number of nitrogens with one attached hydrogen (secondary N) is 2. The molecule has 0 bridgehead atoms. The van der Waals surface area contributed by atoms with E-state index < -0.39 is 0 Å². The van der Waals surface area contributed by atoms with Gasteiger partial charge in [-0.3, -0.25) is 4.98 Å². The van der Waals surface area contributed by atoms with E-state index in [-0.39, 0.29) is 0 Å². The standard InChI is InChI=1S/C24H28ClN7S/c1-32(2)20-11-9-18(10-12-20)30-24-28-13-17(14-29-24)7-8-19-15-27-23(16-26-19)31-33-22-6-4-3-5-21(22)25/h3-8,13-16,18,20H,9-12H2,1-2H3,(H,27,31)(H,28,29,30)/b8-7+. The predicted octanol–water partition coefficient (Wildman–Crippen LogP) is 5.49. The van der Waals surface area contributed by atoms with Crippen LogP contribution in [0.5, 0.6) is 0 Å². The number of benzene rings is 1. The molecule has 0 radical (unpaired) electrons. The number of halogens is 1. The maximum Gasteiger partial charge on any atom is 0.222 e. The molecule has 0 spiro atoms. The van der Waals surface area contributed by atoms with E-state index in [9.17, 15) is 0 Å². The Balaban J connectivity index is 1.26. The number of aromatic nitrogens is 4. The van der Waals surface area contributed by atoms with Crippen molar-refractivity contribution in [1.29, 1.82) is 0 Å². The summed E-state index contributed by atoms with van der Waals surface area (Å²) in [6, 6.07) is 8.78. The van der Waals surface area contributed by atoms with Gasteiger partial charge in [-0.15, -0.1) is 0 Å². The zero-order valence-electron chi connectivity index (χ0n) is 18.8. The molecule has 1 fully saturated rings. The van der Waals surface area contributed by atoms with Gasteiger partial charge in [0.15, 0.2) is 5.82 Å². The van der Waals surface area contributed by atoms with Gasteiger partial charge in [0, 0.05) is 34.9 Å². The second kappa shape index (κ2) is 11.4. The highest BCUT2D eigenvalue weighted by atomic mass is 35.5. The molecular formula is C24H28ClN7S. The highest BCUT2D eigenvalue weighted by molar-refractivity contribution is 8.00. The fourth-order valence-electron chi connectivity index (χ4n) is 3.71. The summed E-state index contributed by atoms with van der Waals surface area (Å²) in [6.45, 7) is 0. The summed E-state index contributed by atoms with van der Waals surface area (Å²) in [5.74, 6) is 1.35. The number of rotatable bonds is 8. The maximum atomic E-state index is 6.17. The normalized spacial score (nSPS) is 18.5. The highest BCUT2D eigenvalue weighted by Crippen LogP contribution is 2.27. The fourth-order valence-corrected chi connectivity index (χ4v) is 4.59. The minimum absolute atomic E-state index is 0.445. The van der Waals surface area contributed by atoms with Crippen LogP contribution >= 0.6 is 23.5 Å². The van der Waals surface area contributed by atoms with Gasteiger partial charge in [-0.05, 0) is 76.0 Å². The van der Waals surface area contributed by atoms with Gasteiger partial charge < -0.3 is 14.9 Å². The summed E-state index contributed by atoms with van der Waals surface area (Å²) in [5.41, 5.74) is 1.67. The van der Waals surface area contributed by atoms with Gasteiger partial charge in [0.25, 0.3) is 0 Å². The van der Waals surface area contributed by atoms with E-state index in [1.807, 2.05) is 48.8 Å². The Labute approximate surface area is 204 Å². The molecule has 0 amide bonds. The molecule has 0 unspecified atom stereocenters. The third-order valence-electron chi connectivity index (χ3n) is 5.65. The zero-order chi connectivity index (χ0) is 23.0. The van der Waals surface area contributed by atoms with Crippen molar-refractivity contribution in [1.82, 2.24) is 24.8 Å². The van der Waals surface area contributed by atoms with Gasteiger partial charge >= 0.3 is 0 Å². The number of nitrogens with zero attached hydrogens (tertiary/aromatic N) is 5. The first-order valence-corrected chi connectivity index (χ1v) is 12.2. The van der Waals surface area contributed by atoms with Crippen molar-refractivity contribution >= 4 is 47.5 Å². The van der Waals surface area contributed by atoms with E-state index in [2.05, 4.69) is 49.0 Å². The van der Waals surface area contributed by atoms with Gasteiger partial charge in [0.05, 0.1) is 23.1 Å². The van der Waals surface area contributed by atoms with Crippen molar-refractivity contribution in [2.24, 2.45) is 0 Å². The highest BCUT2D eigenvalue weighted by Gasteiger charge is 2.22. The quantitative estimate of drug-likeness (QED) is 0.408. The largest absolute Gasteiger partial charge is 0.351 e. The molecule has 1 saturated carbocycles. The first kappa shape index (κ1) is 23.5. The van der Waals surface area contributed by atoms with Crippen LogP contribution in [0.4, 0.5) is 11.8 Å². The molecule has 7 nitrogen and oxygen atoms in total. The van der Waals surface area contributed by atoms with Crippen LogP contribution in [0.15, 0.2) is 53.9 Å². The average Bonchev–Trinajstić information content (AvgIpc) is 2.84. The molecule has 0 saturated heterocycles. The van der Waals surface area contributed by atoms with Crippen LogP contribution in [0, 0.1) is 0 Å². The van der Waals surface area contributed by atoms with Gasteiger partial charge in [0.2, 0.25) is 5.95 Å². The Morgan fingerprint density at radius 2 is 1.70 bits per heavy atom.